The molecule has 2 atom stereocenters. The van der Waals surface area contributed by atoms with Gasteiger partial charge in [-0.25, -0.2) is 8.78 Å². The van der Waals surface area contributed by atoms with E-state index in [0.717, 1.165) is 60.5 Å². The number of piperidine rings is 1. The number of amides is 1. The van der Waals surface area contributed by atoms with Crippen molar-refractivity contribution in [1.82, 2.24) is 20.1 Å². The van der Waals surface area contributed by atoms with Crippen LogP contribution in [0, 0.1) is 11.6 Å². The normalized spacial score (nSPS) is 20.4. The van der Waals surface area contributed by atoms with Crippen LogP contribution in [-0.2, 0) is 4.79 Å². The van der Waals surface area contributed by atoms with Crippen LogP contribution in [0.4, 0.5) is 8.78 Å². The molecular formula is C30H32F2N4OS. The molecular weight excluding hydrogens is 502 g/mol. The first-order valence-electron chi connectivity index (χ1n) is 13.0. The molecule has 1 N–H and O–H groups in total. The van der Waals surface area contributed by atoms with Crippen molar-refractivity contribution in [2.75, 3.05) is 39.0 Å². The number of carbonyl (C=O) groups excluding carboxylic acids is 1. The summed E-state index contributed by atoms with van der Waals surface area (Å²) in [7, 11) is 2.00. The standard InChI is InChI=1S/C30H32F2N4OS/c1-35-27(20-38-30(35)24-3-2-14-33-19-24)29(37)34-15-18-36-16-12-23(13-17-36)28(21-4-8-25(31)9-5-21)22-6-10-26(32)11-7-22/h2-11,14,19,27,30H,12-13,15-18,20H2,1H3,(H,34,37)/t27-,30?/m0/s1. The highest BCUT2D eigenvalue weighted by Gasteiger charge is 2.36. The number of thioether (sulfide) groups is 1. The fourth-order valence-corrected chi connectivity index (χ4v) is 6.72. The number of rotatable bonds is 7. The number of hydrogen-bond donors (Lipinski definition) is 1. The van der Waals surface area contributed by atoms with Crippen LogP contribution in [0.15, 0.2) is 78.6 Å². The molecule has 5 rings (SSSR count). The Balaban J connectivity index is 1.16. The lowest BCUT2D eigenvalue weighted by Gasteiger charge is -2.30. The van der Waals surface area contributed by atoms with E-state index in [1.54, 1.807) is 42.2 Å². The van der Waals surface area contributed by atoms with E-state index in [-0.39, 0.29) is 29.0 Å². The number of benzene rings is 2. The van der Waals surface area contributed by atoms with E-state index >= 15 is 0 Å². The summed E-state index contributed by atoms with van der Waals surface area (Å²) >= 11 is 1.77. The summed E-state index contributed by atoms with van der Waals surface area (Å²) in [5.41, 5.74) is 5.35. The Labute approximate surface area is 226 Å². The predicted octanol–water partition coefficient (Wildman–Crippen LogP) is 5.12. The monoisotopic (exact) mass is 534 g/mol. The summed E-state index contributed by atoms with van der Waals surface area (Å²) in [5.74, 6) is 0.280. The number of hydrogen-bond acceptors (Lipinski definition) is 5. The fraction of sp³-hybridized carbons (Fsp3) is 0.333. The molecule has 5 nitrogen and oxygen atoms in total. The molecule has 2 fully saturated rings. The van der Waals surface area contributed by atoms with Crippen molar-refractivity contribution in [2.24, 2.45) is 0 Å². The Morgan fingerprint density at radius 2 is 1.63 bits per heavy atom. The van der Waals surface area contributed by atoms with E-state index in [1.807, 2.05) is 19.3 Å². The van der Waals surface area contributed by atoms with E-state index in [0.29, 0.717) is 6.54 Å². The molecule has 1 unspecified atom stereocenters. The quantitative estimate of drug-likeness (QED) is 0.456. The van der Waals surface area contributed by atoms with Crippen molar-refractivity contribution in [1.29, 1.82) is 0 Å². The van der Waals surface area contributed by atoms with Crippen LogP contribution in [0.25, 0.3) is 5.57 Å². The van der Waals surface area contributed by atoms with Crippen LogP contribution >= 0.6 is 11.8 Å². The van der Waals surface area contributed by atoms with E-state index in [9.17, 15) is 13.6 Å². The van der Waals surface area contributed by atoms with Gasteiger partial charge in [-0.05, 0) is 72.5 Å². The lowest BCUT2D eigenvalue weighted by atomic mass is 9.88. The van der Waals surface area contributed by atoms with Gasteiger partial charge in [-0.2, -0.15) is 0 Å². The first-order valence-corrected chi connectivity index (χ1v) is 14.0. The van der Waals surface area contributed by atoms with Gasteiger partial charge in [0, 0.05) is 44.3 Å². The number of nitrogens with one attached hydrogen (secondary N) is 1. The average molecular weight is 535 g/mol. The van der Waals surface area contributed by atoms with E-state index in [4.69, 9.17) is 0 Å². The van der Waals surface area contributed by atoms with Gasteiger partial charge in [0.05, 0.1) is 11.4 Å². The second-order valence-electron chi connectivity index (χ2n) is 9.78. The predicted molar refractivity (Wildman–Crippen MR) is 148 cm³/mol. The molecule has 3 heterocycles. The number of nitrogens with zero attached hydrogens (tertiary/aromatic N) is 3. The molecule has 3 aromatic rings. The van der Waals surface area contributed by atoms with Crippen LogP contribution in [0.5, 0.6) is 0 Å². The number of halogens is 2. The summed E-state index contributed by atoms with van der Waals surface area (Å²) < 4.78 is 27.2. The first kappa shape index (κ1) is 26.5. The van der Waals surface area contributed by atoms with Gasteiger partial charge in [0.15, 0.2) is 0 Å². The van der Waals surface area contributed by atoms with Crippen LogP contribution in [0.2, 0.25) is 0 Å². The highest BCUT2D eigenvalue weighted by molar-refractivity contribution is 7.99. The van der Waals surface area contributed by atoms with Gasteiger partial charge in [-0.15, -0.1) is 11.8 Å². The van der Waals surface area contributed by atoms with Gasteiger partial charge < -0.3 is 10.2 Å². The minimum Gasteiger partial charge on any atom is -0.353 e. The summed E-state index contributed by atoms with van der Waals surface area (Å²) in [4.78, 5) is 21.6. The second kappa shape index (κ2) is 12.2. The minimum atomic E-state index is -0.274. The zero-order chi connectivity index (χ0) is 26.5. The molecule has 2 saturated heterocycles. The van der Waals surface area contributed by atoms with Crippen LogP contribution < -0.4 is 5.32 Å². The summed E-state index contributed by atoms with van der Waals surface area (Å²) in [6.07, 6.45) is 5.36. The van der Waals surface area contributed by atoms with Gasteiger partial charge in [0.25, 0.3) is 0 Å². The number of carbonyl (C=O) groups is 1. The van der Waals surface area contributed by atoms with Crippen molar-refractivity contribution in [3.63, 3.8) is 0 Å². The van der Waals surface area contributed by atoms with Crippen molar-refractivity contribution in [3.8, 4) is 0 Å². The average Bonchev–Trinajstić information content (AvgIpc) is 3.33. The SMILES string of the molecule is CN1C(c2cccnc2)SC[C@H]1C(=O)NCCN1CCC(=C(c2ccc(F)cc2)c2ccc(F)cc2)CC1. The smallest absolute Gasteiger partial charge is 0.238 e. The van der Waals surface area contributed by atoms with Crippen LogP contribution in [0.1, 0.15) is 34.9 Å². The highest BCUT2D eigenvalue weighted by atomic mass is 32.2. The molecule has 1 aromatic heterocycles. The van der Waals surface area contributed by atoms with Gasteiger partial charge in [-0.3, -0.25) is 14.7 Å². The number of pyridine rings is 1. The fourth-order valence-electron chi connectivity index (χ4n) is 5.25. The molecule has 198 valence electrons. The molecule has 2 aliphatic rings. The molecule has 0 spiro atoms. The van der Waals surface area contributed by atoms with Gasteiger partial charge in [-0.1, -0.05) is 35.9 Å². The lowest BCUT2D eigenvalue weighted by Crippen LogP contribution is -2.46. The zero-order valence-electron chi connectivity index (χ0n) is 21.4. The van der Waals surface area contributed by atoms with Crippen molar-refractivity contribution in [2.45, 2.75) is 24.3 Å². The Bertz CT molecular complexity index is 1210. The molecule has 0 bridgehead atoms. The van der Waals surface area contributed by atoms with E-state index in [2.05, 4.69) is 26.2 Å². The van der Waals surface area contributed by atoms with Crippen molar-refractivity contribution >= 4 is 23.2 Å². The molecule has 8 heteroatoms. The molecule has 0 saturated carbocycles. The third kappa shape index (κ3) is 6.14. The van der Waals surface area contributed by atoms with Crippen molar-refractivity contribution < 1.29 is 13.6 Å². The zero-order valence-corrected chi connectivity index (χ0v) is 22.3. The largest absolute Gasteiger partial charge is 0.353 e. The highest BCUT2D eigenvalue weighted by Crippen LogP contribution is 2.39. The van der Waals surface area contributed by atoms with Crippen molar-refractivity contribution in [3.05, 3.63) is 107 Å². The molecule has 0 aliphatic carbocycles. The third-order valence-corrected chi connectivity index (χ3v) is 8.78. The van der Waals surface area contributed by atoms with E-state index in [1.165, 1.54) is 29.8 Å². The maximum absolute atomic E-state index is 13.6. The van der Waals surface area contributed by atoms with Gasteiger partial charge in [0.1, 0.15) is 11.6 Å². The molecule has 38 heavy (non-hydrogen) atoms. The maximum atomic E-state index is 13.6. The first-order chi connectivity index (χ1) is 18.5. The Hall–Kier alpha value is -3.07. The molecule has 2 aromatic carbocycles. The third-order valence-electron chi connectivity index (χ3n) is 7.35. The minimum absolute atomic E-state index is 0.0684. The topological polar surface area (TPSA) is 48.5 Å². The summed E-state index contributed by atoms with van der Waals surface area (Å²) in [6.45, 7) is 3.14. The van der Waals surface area contributed by atoms with Crippen LogP contribution in [-0.4, -0.2) is 65.7 Å². The number of likely N-dealkylation sites (tertiary alicyclic amines) is 1. The molecule has 2 aliphatic heterocycles. The Morgan fingerprint density at radius 1 is 1.00 bits per heavy atom. The molecule has 0 radical (unpaired) electrons. The van der Waals surface area contributed by atoms with Crippen LogP contribution in [0.3, 0.4) is 0 Å². The summed E-state index contributed by atoms with van der Waals surface area (Å²) in [6, 6.07) is 16.9. The Kier molecular flexibility index (Phi) is 8.51. The summed E-state index contributed by atoms with van der Waals surface area (Å²) in [5, 5.41) is 3.28. The van der Waals surface area contributed by atoms with Gasteiger partial charge in [0.2, 0.25) is 5.91 Å². The molecule has 1 amide bonds. The Morgan fingerprint density at radius 3 is 2.21 bits per heavy atom. The van der Waals surface area contributed by atoms with E-state index < -0.39 is 0 Å². The van der Waals surface area contributed by atoms with Gasteiger partial charge >= 0.3 is 0 Å². The number of likely N-dealkylation sites (N-methyl/N-ethyl adjacent to an activating group) is 1. The second-order valence-corrected chi connectivity index (χ2v) is 10.9. The maximum Gasteiger partial charge on any atom is 0.238 e. The number of aromatic nitrogens is 1. The lowest BCUT2D eigenvalue weighted by molar-refractivity contribution is -0.125.